The molecule has 1 aromatic carbocycles. The van der Waals surface area contributed by atoms with Gasteiger partial charge in [0.25, 0.3) is 0 Å². The molecule has 5 heteroatoms. The molecule has 0 saturated heterocycles. The number of carbonyl (C=O) groups is 1. The first kappa shape index (κ1) is 15.0. The van der Waals surface area contributed by atoms with Gasteiger partial charge in [-0.25, -0.2) is 0 Å². The smallest absolute Gasteiger partial charge is 0.246 e. The molecule has 1 N–H and O–H groups in total. The van der Waals surface area contributed by atoms with Gasteiger partial charge in [0.1, 0.15) is 17.8 Å². The van der Waals surface area contributed by atoms with Crippen LogP contribution in [0.2, 0.25) is 0 Å². The van der Waals surface area contributed by atoms with Crippen molar-refractivity contribution in [3.8, 4) is 5.75 Å². The molecule has 5 nitrogen and oxygen atoms in total. The molecule has 3 heterocycles. The van der Waals surface area contributed by atoms with Crippen molar-refractivity contribution in [3.63, 3.8) is 0 Å². The summed E-state index contributed by atoms with van der Waals surface area (Å²) in [5.74, 6) is 0.712. The van der Waals surface area contributed by atoms with Gasteiger partial charge in [0.2, 0.25) is 18.3 Å². The highest BCUT2D eigenvalue weighted by Gasteiger charge is 2.58. The van der Waals surface area contributed by atoms with Gasteiger partial charge in [-0.05, 0) is 18.1 Å². The summed E-state index contributed by atoms with van der Waals surface area (Å²) in [5.41, 5.74) is 1.83. The zero-order valence-corrected chi connectivity index (χ0v) is 13.7. The minimum absolute atomic E-state index is 0.0461. The van der Waals surface area contributed by atoms with Gasteiger partial charge in [0.15, 0.2) is 0 Å². The Morgan fingerprint density at radius 2 is 2.08 bits per heavy atom. The van der Waals surface area contributed by atoms with E-state index in [1.54, 1.807) is 12.3 Å². The third-order valence-electron chi connectivity index (χ3n) is 5.06. The summed E-state index contributed by atoms with van der Waals surface area (Å²) in [6.07, 6.45) is 6.30. The third kappa shape index (κ3) is 1.94. The Morgan fingerprint density at radius 3 is 2.92 bits per heavy atom. The summed E-state index contributed by atoms with van der Waals surface area (Å²) in [5, 5.41) is 9.85. The van der Waals surface area contributed by atoms with Gasteiger partial charge < -0.3 is 9.64 Å². The van der Waals surface area contributed by atoms with Crippen LogP contribution in [-0.2, 0) is 10.2 Å². The van der Waals surface area contributed by atoms with Crippen molar-refractivity contribution in [1.29, 1.82) is 0 Å². The Morgan fingerprint density at radius 1 is 1.25 bits per heavy atom. The number of pyridine rings is 1. The monoisotopic (exact) mass is 325 g/mol. The van der Waals surface area contributed by atoms with Gasteiger partial charge in [0, 0.05) is 23.0 Å². The van der Waals surface area contributed by atoms with Crippen molar-refractivity contribution >= 4 is 11.6 Å². The Labute approximate surface area is 141 Å². The molecule has 0 radical (unpaired) electrons. The minimum atomic E-state index is -0.843. The highest BCUT2D eigenvalue weighted by Crippen LogP contribution is 2.51. The van der Waals surface area contributed by atoms with Gasteiger partial charge in [-0.2, -0.15) is 0 Å². The number of fused-ring (bicyclic) bond motifs is 4. The lowest BCUT2D eigenvalue weighted by molar-refractivity contribution is -0.905. The Bertz CT molecular complexity index is 805. The molecule has 0 aliphatic carbocycles. The number of anilines is 1. The molecule has 24 heavy (non-hydrogen) atoms. The molecular formula is C19H21N2O3+. The number of ether oxygens (including phenoxy) is 1. The fraction of sp³-hybridized carbons (Fsp3) is 0.368. The van der Waals surface area contributed by atoms with E-state index >= 15 is 0 Å². The number of nitrogens with zero attached hydrogens (tertiary/aromatic N) is 2. The van der Waals surface area contributed by atoms with Crippen LogP contribution >= 0.6 is 0 Å². The highest BCUT2D eigenvalue weighted by atomic mass is 16.5. The molecule has 1 unspecified atom stereocenters. The first-order chi connectivity index (χ1) is 11.7. The van der Waals surface area contributed by atoms with E-state index < -0.39 is 5.41 Å². The maximum absolute atomic E-state index is 13.4. The lowest BCUT2D eigenvalue weighted by Crippen LogP contribution is -2.44. The second kappa shape index (κ2) is 5.51. The molecule has 2 aromatic rings. The molecule has 0 saturated carbocycles. The Balaban J connectivity index is 1.84. The predicted octanol–water partition coefficient (Wildman–Crippen LogP) is 2.43. The maximum atomic E-state index is 13.4. The molecule has 1 atom stereocenters. The number of carbonyl (C=O) groups excluding carboxylic acids is 1. The fourth-order valence-electron chi connectivity index (χ4n) is 3.85. The lowest BCUT2D eigenvalue weighted by Gasteiger charge is -2.22. The molecule has 4 rings (SSSR count). The molecule has 0 bridgehead atoms. The molecular weight excluding hydrogens is 304 g/mol. The van der Waals surface area contributed by atoms with Gasteiger partial charge in [0.05, 0.1) is 5.56 Å². The number of aromatic nitrogens is 1. The Hall–Kier alpha value is -2.56. The number of hydrogen-bond acceptors (Lipinski definition) is 3. The van der Waals surface area contributed by atoms with Gasteiger partial charge in [-0.1, -0.05) is 38.0 Å². The van der Waals surface area contributed by atoms with Crippen molar-refractivity contribution < 1.29 is 19.5 Å². The Kier molecular flexibility index (Phi) is 3.44. The lowest BCUT2D eigenvalue weighted by atomic mass is 9.78. The molecule has 124 valence electrons. The highest BCUT2D eigenvalue weighted by molar-refractivity contribution is 6.11. The summed E-state index contributed by atoms with van der Waals surface area (Å²) in [4.78, 5) is 15.3. The number of rotatable bonds is 4. The normalized spacial score (nSPS) is 21.0. The van der Waals surface area contributed by atoms with Gasteiger partial charge in [-0.3, -0.25) is 10.0 Å². The third-order valence-corrected chi connectivity index (χ3v) is 5.06. The predicted molar refractivity (Wildman–Crippen MR) is 88.4 cm³/mol. The molecule has 1 amide bonds. The average Bonchev–Trinajstić information content (AvgIpc) is 3.08. The molecule has 1 aromatic heterocycles. The molecule has 2 aliphatic heterocycles. The zero-order valence-electron chi connectivity index (χ0n) is 13.7. The van der Waals surface area contributed by atoms with Gasteiger partial charge >= 0.3 is 0 Å². The van der Waals surface area contributed by atoms with Crippen LogP contribution in [0.4, 0.5) is 5.69 Å². The largest absolute Gasteiger partial charge is 0.491 e. The summed E-state index contributed by atoms with van der Waals surface area (Å²) >= 11 is 0. The summed E-state index contributed by atoms with van der Waals surface area (Å²) in [6, 6.07) is 9.63. The first-order valence-corrected chi connectivity index (χ1v) is 8.48. The van der Waals surface area contributed by atoms with E-state index in [9.17, 15) is 10.0 Å². The van der Waals surface area contributed by atoms with Crippen molar-refractivity contribution in [2.75, 3.05) is 18.1 Å². The van der Waals surface area contributed by atoms with Crippen molar-refractivity contribution in [1.82, 2.24) is 0 Å². The molecule has 1 spiro atoms. The molecule has 0 fully saturated rings. The topological polar surface area (TPSA) is 53.7 Å². The van der Waals surface area contributed by atoms with Crippen LogP contribution in [0, 0.1) is 0 Å². The second-order valence-corrected chi connectivity index (χ2v) is 6.48. The summed E-state index contributed by atoms with van der Waals surface area (Å²) in [6.45, 7) is 3.15. The van der Waals surface area contributed by atoms with Crippen LogP contribution in [0.3, 0.4) is 0 Å². The summed E-state index contributed by atoms with van der Waals surface area (Å²) in [7, 11) is 0. The summed E-state index contributed by atoms with van der Waals surface area (Å²) < 4.78 is 6.81. The molecule has 2 aliphatic rings. The van der Waals surface area contributed by atoms with E-state index in [4.69, 9.17) is 4.74 Å². The van der Waals surface area contributed by atoms with Crippen LogP contribution in [0.15, 0.2) is 42.7 Å². The number of benzene rings is 1. The van der Waals surface area contributed by atoms with E-state index in [0.717, 1.165) is 40.8 Å². The average molecular weight is 325 g/mol. The quantitative estimate of drug-likeness (QED) is 0.534. The standard InChI is InChI=1S/C19H21N2O3/c1-2-3-6-10-21-16-8-5-4-7-14(16)19(18(21)22)13-24-17-9-11-20(23)12-15(17)19/h4-5,7-9,11-12,23H,2-3,6,10,13H2,1H3/q+1. The maximum Gasteiger partial charge on any atom is 0.246 e. The number of para-hydroxylation sites is 1. The van der Waals surface area contributed by atoms with Crippen LogP contribution < -0.4 is 14.4 Å². The van der Waals surface area contributed by atoms with Crippen molar-refractivity contribution in [3.05, 3.63) is 53.9 Å². The van der Waals surface area contributed by atoms with Crippen LogP contribution in [0.25, 0.3) is 0 Å². The van der Waals surface area contributed by atoms with E-state index in [2.05, 4.69) is 6.92 Å². The zero-order chi connectivity index (χ0) is 16.7. The van der Waals surface area contributed by atoms with E-state index in [0.29, 0.717) is 12.3 Å². The second-order valence-electron chi connectivity index (χ2n) is 6.48. The van der Waals surface area contributed by atoms with E-state index in [1.165, 1.54) is 6.20 Å². The van der Waals surface area contributed by atoms with Gasteiger partial charge in [-0.15, -0.1) is 0 Å². The van der Waals surface area contributed by atoms with E-state index in [1.807, 2.05) is 29.2 Å². The van der Waals surface area contributed by atoms with Crippen LogP contribution in [0.1, 0.15) is 37.3 Å². The number of unbranched alkanes of at least 4 members (excludes halogenated alkanes) is 2. The first-order valence-electron chi connectivity index (χ1n) is 8.48. The van der Waals surface area contributed by atoms with Crippen LogP contribution in [-0.4, -0.2) is 24.3 Å². The van der Waals surface area contributed by atoms with Crippen molar-refractivity contribution in [2.45, 2.75) is 31.6 Å². The van der Waals surface area contributed by atoms with E-state index in [-0.39, 0.29) is 12.5 Å². The minimum Gasteiger partial charge on any atom is -0.491 e. The fourth-order valence-corrected chi connectivity index (χ4v) is 3.85. The van der Waals surface area contributed by atoms with Crippen molar-refractivity contribution in [2.24, 2.45) is 0 Å². The SMILES string of the molecule is CCCCCN1C(=O)C2(COc3cc[n+](O)cc32)c2ccccc21. The number of amides is 1. The van der Waals surface area contributed by atoms with Crippen LogP contribution in [0.5, 0.6) is 5.75 Å². The number of hydrogen-bond donors (Lipinski definition) is 1.